The van der Waals surface area contributed by atoms with Crippen LogP contribution in [0, 0.1) is 17.7 Å². The van der Waals surface area contributed by atoms with Crippen molar-refractivity contribution < 1.29 is 28.4 Å². The molecule has 1 aromatic carbocycles. The number of rotatable bonds is 9. The van der Waals surface area contributed by atoms with E-state index in [1.165, 1.54) is 17.4 Å². The summed E-state index contributed by atoms with van der Waals surface area (Å²) in [6.07, 6.45) is 2.13. The largest absolute Gasteiger partial charge is 0.367 e. The third-order valence-corrected chi connectivity index (χ3v) is 11.1. The van der Waals surface area contributed by atoms with Crippen LogP contribution in [0.15, 0.2) is 30.3 Å². The Labute approximate surface area is 320 Å². The zero-order chi connectivity index (χ0) is 38.6. The van der Waals surface area contributed by atoms with Gasteiger partial charge in [0.05, 0.1) is 28.0 Å². The van der Waals surface area contributed by atoms with E-state index < -0.39 is 23.7 Å². The molecule has 0 saturated carbocycles. The molecule has 2 aromatic heterocycles. The number of nitrogens with one attached hydrogen (secondary N) is 3. The summed E-state index contributed by atoms with van der Waals surface area (Å²) in [5.41, 5.74) is 6.21. The second-order valence-electron chi connectivity index (χ2n) is 13.8. The van der Waals surface area contributed by atoms with Gasteiger partial charge in [0.1, 0.15) is 11.9 Å². The number of urea groups is 1. The fraction of sp³-hybridized carbons (Fsp3) is 0.444. The third kappa shape index (κ3) is 8.60. The molecular formula is C36H41FN12O5S. The molecule has 7 rings (SSSR count). The van der Waals surface area contributed by atoms with E-state index in [0.717, 1.165) is 12.8 Å². The molecule has 0 radical (unpaired) electrons. The number of nitrogens with two attached hydrogens (primary N) is 1. The van der Waals surface area contributed by atoms with Crippen molar-refractivity contribution in [1.82, 2.24) is 40.5 Å². The van der Waals surface area contributed by atoms with E-state index in [1.54, 1.807) is 36.2 Å². The number of benzene rings is 1. The lowest BCUT2D eigenvalue weighted by Gasteiger charge is -2.37. The van der Waals surface area contributed by atoms with Crippen molar-refractivity contribution in [3.63, 3.8) is 0 Å². The van der Waals surface area contributed by atoms with Gasteiger partial charge >= 0.3 is 6.03 Å². The Hall–Kier alpha value is -5.87. The van der Waals surface area contributed by atoms with Crippen molar-refractivity contribution in [2.45, 2.75) is 37.8 Å². The first-order valence-electron chi connectivity index (χ1n) is 18.1. The highest BCUT2D eigenvalue weighted by molar-refractivity contribution is 7.14. The van der Waals surface area contributed by atoms with Gasteiger partial charge in [-0.25, -0.2) is 9.18 Å². The summed E-state index contributed by atoms with van der Waals surface area (Å²) in [5.74, 6) is 4.09. The number of halogens is 1. The number of thiophene rings is 1. The van der Waals surface area contributed by atoms with Crippen molar-refractivity contribution >= 4 is 64.1 Å². The van der Waals surface area contributed by atoms with E-state index >= 15 is 4.39 Å². The van der Waals surface area contributed by atoms with Gasteiger partial charge in [0.2, 0.25) is 17.8 Å². The maximum Gasteiger partial charge on any atom is 0.320 e. The fourth-order valence-corrected chi connectivity index (χ4v) is 7.84. The van der Waals surface area contributed by atoms with Gasteiger partial charge in [-0.2, -0.15) is 4.98 Å². The van der Waals surface area contributed by atoms with Gasteiger partial charge in [0, 0.05) is 71.5 Å². The number of amides is 6. The van der Waals surface area contributed by atoms with Crippen molar-refractivity contribution in [1.29, 1.82) is 0 Å². The standard InChI is InChI=1S/C36H41FN12O5S/c1-45-14-19-49(36(45)54)23-4-2-13-48(21-23)35-42-32(30(31(38)51)43-44-35)39-22-6-9-27(25(37)20-22)47-17-15-46(16-18-47)12-3-5-24-7-10-28(55-24)34(53)40-26-8-11-29(50)41-33(26)52/h6-7,9-10,20,23,26H,2,4,8,11-19,21H2,1H3,(H2,38,51)(H,40,53)(H,39,42,44)(H,41,50,52)/t23-,26?/m1/s1. The van der Waals surface area contributed by atoms with Gasteiger partial charge < -0.3 is 36.0 Å². The molecule has 288 valence electrons. The Balaban J connectivity index is 0.923. The number of imide groups is 1. The number of carbonyl (C=O) groups excluding carboxylic acids is 5. The van der Waals surface area contributed by atoms with Gasteiger partial charge in [-0.3, -0.25) is 29.4 Å². The van der Waals surface area contributed by atoms with Crippen LogP contribution in [0.5, 0.6) is 0 Å². The first-order chi connectivity index (χ1) is 26.5. The smallest absolute Gasteiger partial charge is 0.320 e. The Bertz CT molecular complexity index is 2060. The summed E-state index contributed by atoms with van der Waals surface area (Å²) in [5, 5.41) is 16.1. The number of nitrogens with zero attached hydrogens (tertiary/aromatic N) is 8. The van der Waals surface area contributed by atoms with Crippen LogP contribution < -0.4 is 31.5 Å². The van der Waals surface area contributed by atoms with Crippen molar-refractivity contribution in [2.75, 3.05) is 81.1 Å². The van der Waals surface area contributed by atoms with Crippen LogP contribution in [0.3, 0.4) is 0 Å². The van der Waals surface area contributed by atoms with E-state index in [2.05, 4.69) is 47.9 Å². The molecule has 6 amide bonds. The highest BCUT2D eigenvalue weighted by atomic mass is 32.1. The second-order valence-corrected chi connectivity index (χ2v) is 14.9. The molecular weight excluding hydrogens is 732 g/mol. The SMILES string of the molecule is CN1CCN([C@@H]2CCCN(c3nnc(C(N)=O)c(Nc4ccc(N5CCN(CC#Cc6ccc(C(=O)NC7CCC(=O)NC7=O)s6)CC5)c(F)c4)n3)C2)C1=O. The number of hydrogen-bond acceptors (Lipinski definition) is 13. The lowest BCUT2D eigenvalue weighted by molar-refractivity contribution is -0.134. The van der Waals surface area contributed by atoms with Gasteiger partial charge in [-0.05, 0) is 49.6 Å². The Morgan fingerprint density at radius 2 is 1.84 bits per heavy atom. The number of primary amides is 1. The van der Waals surface area contributed by atoms with E-state index in [1.807, 2.05) is 14.7 Å². The molecule has 4 saturated heterocycles. The zero-order valence-corrected chi connectivity index (χ0v) is 31.0. The Morgan fingerprint density at radius 3 is 2.56 bits per heavy atom. The first kappa shape index (κ1) is 37.4. The van der Waals surface area contributed by atoms with E-state index in [0.29, 0.717) is 80.0 Å². The van der Waals surface area contributed by atoms with E-state index in [-0.39, 0.29) is 54.2 Å². The fourth-order valence-electron chi connectivity index (χ4n) is 7.05. The van der Waals surface area contributed by atoms with Crippen LogP contribution in [0.4, 0.5) is 32.3 Å². The minimum Gasteiger partial charge on any atom is -0.367 e. The maximum absolute atomic E-state index is 15.6. The summed E-state index contributed by atoms with van der Waals surface area (Å²) >= 11 is 1.23. The molecule has 2 atom stereocenters. The van der Waals surface area contributed by atoms with Crippen LogP contribution in [0.25, 0.3) is 0 Å². The number of piperidine rings is 2. The van der Waals surface area contributed by atoms with Gasteiger partial charge in [-0.1, -0.05) is 11.8 Å². The van der Waals surface area contributed by atoms with E-state index in [4.69, 9.17) is 5.73 Å². The van der Waals surface area contributed by atoms with Crippen LogP contribution in [-0.4, -0.2) is 138 Å². The van der Waals surface area contributed by atoms with Crippen molar-refractivity contribution in [3.8, 4) is 11.8 Å². The van der Waals surface area contributed by atoms with Gasteiger partial charge in [0.15, 0.2) is 11.5 Å². The molecule has 4 fully saturated rings. The highest BCUT2D eigenvalue weighted by Gasteiger charge is 2.35. The lowest BCUT2D eigenvalue weighted by atomic mass is 10.0. The summed E-state index contributed by atoms with van der Waals surface area (Å²) in [7, 11) is 1.79. The summed E-state index contributed by atoms with van der Waals surface area (Å²) in [4.78, 5) is 76.1. The summed E-state index contributed by atoms with van der Waals surface area (Å²) < 4.78 is 15.6. The Kier molecular flexibility index (Phi) is 11.1. The average Bonchev–Trinajstić information content (AvgIpc) is 3.79. The molecule has 1 unspecified atom stereocenters. The van der Waals surface area contributed by atoms with Crippen LogP contribution in [0.2, 0.25) is 0 Å². The Morgan fingerprint density at radius 1 is 1.02 bits per heavy atom. The van der Waals surface area contributed by atoms with Gasteiger partial charge in [0.25, 0.3) is 11.8 Å². The van der Waals surface area contributed by atoms with Gasteiger partial charge in [-0.15, -0.1) is 21.5 Å². The molecule has 0 bridgehead atoms. The minimum absolute atomic E-state index is 0.0000388. The molecule has 4 aliphatic rings. The molecule has 5 N–H and O–H groups in total. The molecule has 55 heavy (non-hydrogen) atoms. The van der Waals surface area contributed by atoms with E-state index in [9.17, 15) is 24.0 Å². The molecule has 4 aliphatic heterocycles. The molecule has 0 aliphatic carbocycles. The number of aromatic nitrogens is 3. The molecule has 0 spiro atoms. The van der Waals surface area contributed by atoms with Crippen molar-refractivity contribution in [3.05, 3.63) is 51.6 Å². The number of carbonyl (C=O) groups is 5. The quantitative estimate of drug-likeness (QED) is 0.178. The first-order valence-corrected chi connectivity index (χ1v) is 18.9. The predicted molar refractivity (Wildman–Crippen MR) is 201 cm³/mol. The third-order valence-electron chi connectivity index (χ3n) is 10.1. The predicted octanol–water partition coefficient (Wildman–Crippen LogP) is 0.960. The van der Waals surface area contributed by atoms with Crippen LogP contribution in [-0.2, 0) is 9.59 Å². The summed E-state index contributed by atoms with van der Waals surface area (Å²) in [6, 6.07) is 7.39. The zero-order valence-electron chi connectivity index (χ0n) is 30.2. The van der Waals surface area contributed by atoms with Crippen LogP contribution in [0.1, 0.15) is 50.7 Å². The molecule has 17 nitrogen and oxygen atoms in total. The lowest BCUT2D eigenvalue weighted by Crippen LogP contribution is -2.52. The van der Waals surface area contributed by atoms with Crippen molar-refractivity contribution in [2.24, 2.45) is 5.73 Å². The normalized spacial score (nSPS) is 20.6. The average molecular weight is 773 g/mol. The molecule has 19 heteroatoms. The number of hydrogen-bond donors (Lipinski definition) is 4. The maximum atomic E-state index is 15.6. The monoisotopic (exact) mass is 772 g/mol. The highest BCUT2D eigenvalue weighted by Crippen LogP contribution is 2.28. The topological polar surface area (TPSA) is 202 Å². The summed E-state index contributed by atoms with van der Waals surface area (Å²) in [6.45, 7) is 5.49. The number of anilines is 4. The molecule has 3 aromatic rings. The number of piperazine rings is 1. The number of likely N-dealkylation sites (N-methyl/N-ethyl adjacent to an activating group) is 1. The second kappa shape index (κ2) is 16.2. The molecule has 6 heterocycles. The minimum atomic E-state index is -0.828. The van der Waals surface area contributed by atoms with Crippen LogP contribution >= 0.6 is 11.3 Å².